The van der Waals surface area contributed by atoms with Gasteiger partial charge in [-0.25, -0.2) is 4.98 Å². The quantitative estimate of drug-likeness (QED) is 0.836. The number of furan rings is 1. The molecule has 0 bridgehead atoms. The molecule has 0 amide bonds. The lowest BCUT2D eigenvalue weighted by Crippen LogP contribution is -2.31. The first-order chi connectivity index (χ1) is 11.0. The number of carbonyl (C=O) groups is 1. The molecule has 2 N–H and O–H groups in total. The Morgan fingerprint density at radius 3 is 2.91 bits per heavy atom. The number of pyridine rings is 1. The largest absolute Gasteiger partial charge is 0.467 e. The van der Waals surface area contributed by atoms with E-state index in [0.29, 0.717) is 6.42 Å². The van der Waals surface area contributed by atoms with Crippen molar-refractivity contribution in [2.45, 2.75) is 32.7 Å². The number of carbonyl (C=O) groups excluding carboxylic acids is 1. The summed E-state index contributed by atoms with van der Waals surface area (Å²) in [5.74, 6) is 1.62. The monoisotopic (exact) mass is 309 g/mol. The number of nitrogens with zero attached hydrogens (tertiary/aromatic N) is 1. The van der Waals surface area contributed by atoms with Crippen molar-refractivity contribution >= 4 is 17.3 Å². The van der Waals surface area contributed by atoms with Crippen LogP contribution in [0.3, 0.4) is 0 Å². The van der Waals surface area contributed by atoms with Crippen LogP contribution in [0.2, 0.25) is 0 Å². The SMILES string of the molecule is CC1(C)CC(=O)C2=C(C1)Nc1cccnc1N[C@H]2c1ccco1. The van der Waals surface area contributed by atoms with E-state index in [4.69, 9.17) is 4.42 Å². The molecule has 2 aromatic rings. The van der Waals surface area contributed by atoms with Crippen LogP contribution in [0.25, 0.3) is 0 Å². The molecule has 1 atom stereocenters. The van der Waals surface area contributed by atoms with Crippen LogP contribution in [-0.4, -0.2) is 10.8 Å². The van der Waals surface area contributed by atoms with Crippen molar-refractivity contribution in [1.82, 2.24) is 4.98 Å². The van der Waals surface area contributed by atoms with Crippen molar-refractivity contribution < 1.29 is 9.21 Å². The van der Waals surface area contributed by atoms with Gasteiger partial charge in [-0.2, -0.15) is 0 Å². The third kappa shape index (κ3) is 2.42. The van der Waals surface area contributed by atoms with Gasteiger partial charge >= 0.3 is 0 Å². The van der Waals surface area contributed by atoms with Crippen LogP contribution in [0.5, 0.6) is 0 Å². The number of hydrogen-bond acceptors (Lipinski definition) is 5. The molecular formula is C18H19N3O2. The van der Waals surface area contributed by atoms with Gasteiger partial charge in [-0.3, -0.25) is 4.79 Å². The van der Waals surface area contributed by atoms with E-state index in [1.807, 2.05) is 24.3 Å². The summed E-state index contributed by atoms with van der Waals surface area (Å²) < 4.78 is 5.59. The van der Waals surface area contributed by atoms with Gasteiger partial charge in [-0.1, -0.05) is 13.8 Å². The van der Waals surface area contributed by atoms with Gasteiger partial charge in [-0.15, -0.1) is 0 Å². The van der Waals surface area contributed by atoms with E-state index < -0.39 is 0 Å². The van der Waals surface area contributed by atoms with Gasteiger partial charge < -0.3 is 15.1 Å². The van der Waals surface area contributed by atoms with Crippen molar-refractivity contribution in [2.24, 2.45) is 5.41 Å². The zero-order chi connectivity index (χ0) is 16.0. The molecule has 23 heavy (non-hydrogen) atoms. The smallest absolute Gasteiger partial charge is 0.163 e. The molecule has 2 aromatic heterocycles. The van der Waals surface area contributed by atoms with Crippen LogP contribution < -0.4 is 10.6 Å². The topological polar surface area (TPSA) is 67.2 Å². The number of rotatable bonds is 1. The summed E-state index contributed by atoms with van der Waals surface area (Å²) in [7, 11) is 0. The van der Waals surface area contributed by atoms with E-state index in [1.54, 1.807) is 12.5 Å². The third-order valence-corrected chi connectivity index (χ3v) is 4.41. The average molecular weight is 309 g/mol. The lowest BCUT2D eigenvalue weighted by atomic mass is 9.74. The number of anilines is 2. The summed E-state index contributed by atoms with van der Waals surface area (Å²) in [6, 6.07) is 7.27. The first-order valence-corrected chi connectivity index (χ1v) is 7.82. The molecule has 0 radical (unpaired) electrons. The minimum Gasteiger partial charge on any atom is -0.467 e. The maximum absolute atomic E-state index is 12.9. The minimum absolute atomic E-state index is 0.0522. The molecule has 0 unspecified atom stereocenters. The van der Waals surface area contributed by atoms with Crippen LogP contribution in [0.1, 0.15) is 38.5 Å². The van der Waals surface area contributed by atoms with Gasteiger partial charge in [0.15, 0.2) is 11.6 Å². The van der Waals surface area contributed by atoms with Crippen LogP contribution in [0.15, 0.2) is 52.4 Å². The van der Waals surface area contributed by atoms with Crippen LogP contribution in [-0.2, 0) is 4.79 Å². The number of allylic oxidation sites excluding steroid dienone is 1. The molecule has 0 saturated carbocycles. The molecular weight excluding hydrogens is 290 g/mol. The molecule has 4 rings (SSSR count). The fraction of sp³-hybridized carbons (Fsp3) is 0.333. The fourth-order valence-electron chi connectivity index (χ4n) is 3.44. The van der Waals surface area contributed by atoms with Crippen LogP contribution in [0, 0.1) is 5.41 Å². The van der Waals surface area contributed by atoms with E-state index in [9.17, 15) is 4.79 Å². The Morgan fingerprint density at radius 2 is 2.13 bits per heavy atom. The summed E-state index contributed by atoms with van der Waals surface area (Å²) in [5.41, 5.74) is 2.56. The molecule has 0 fully saturated rings. The van der Waals surface area contributed by atoms with Crippen molar-refractivity contribution in [1.29, 1.82) is 0 Å². The zero-order valence-corrected chi connectivity index (χ0v) is 13.2. The minimum atomic E-state index is -0.313. The van der Waals surface area contributed by atoms with E-state index in [0.717, 1.165) is 35.0 Å². The van der Waals surface area contributed by atoms with E-state index >= 15 is 0 Å². The molecule has 5 nitrogen and oxygen atoms in total. The highest BCUT2D eigenvalue weighted by molar-refractivity contribution is 6.00. The number of aromatic nitrogens is 1. The normalized spacial score (nSPS) is 22.5. The first kappa shape index (κ1) is 14.1. The number of nitrogens with one attached hydrogen (secondary N) is 2. The highest BCUT2D eigenvalue weighted by atomic mass is 16.3. The molecule has 118 valence electrons. The Hall–Kier alpha value is -2.56. The highest BCUT2D eigenvalue weighted by Gasteiger charge is 2.39. The first-order valence-electron chi connectivity index (χ1n) is 7.82. The Bertz CT molecular complexity index is 790. The van der Waals surface area contributed by atoms with Gasteiger partial charge in [0.25, 0.3) is 0 Å². The summed E-state index contributed by atoms with van der Waals surface area (Å²) in [5, 5.41) is 6.80. The lowest BCUT2D eigenvalue weighted by Gasteiger charge is -2.33. The Balaban J connectivity index is 1.88. The zero-order valence-electron chi connectivity index (χ0n) is 13.2. The summed E-state index contributed by atoms with van der Waals surface area (Å²) in [4.78, 5) is 17.3. The molecule has 1 aliphatic heterocycles. The molecule has 2 aliphatic rings. The fourth-order valence-corrected chi connectivity index (χ4v) is 3.44. The standard InChI is InChI=1S/C18H19N3O2/c1-18(2)9-12-15(13(22)10-18)16(14-6-4-8-23-14)21-17-11(20-12)5-3-7-19-17/h3-8,16,20H,9-10H2,1-2H3,(H,19,21)/t16-/m0/s1. The second-order valence-corrected chi connectivity index (χ2v) is 6.95. The average Bonchev–Trinajstić information content (AvgIpc) is 2.95. The predicted molar refractivity (Wildman–Crippen MR) is 88.0 cm³/mol. The summed E-state index contributed by atoms with van der Waals surface area (Å²) in [6.45, 7) is 4.25. The van der Waals surface area contributed by atoms with Gasteiger partial charge in [0.05, 0.1) is 12.0 Å². The van der Waals surface area contributed by atoms with Crippen molar-refractivity contribution in [2.75, 3.05) is 10.6 Å². The molecule has 3 heterocycles. The van der Waals surface area contributed by atoms with E-state index in [-0.39, 0.29) is 17.2 Å². The van der Waals surface area contributed by atoms with Crippen molar-refractivity contribution in [3.05, 3.63) is 53.8 Å². The maximum Gasteiger partial charge on any atom is 0.163 e. The van der Waals surface area contributed by atoms with Crippen LogP contribution in [0.4, 0.5) is 11.5 Å². The molecule has 0 spiro atoms. The van der Waals surface area contributed by atoms with Gasteiger partial charge in [-0.05, 0) is 36.1 Å². The maximum atomic E-state index is 12.9. The van der Waals surface area contributed by atoms with E-state index in [1.165, 1.54) is 0 Å². The molecule has 0 saturated heterocycles. The molecule has 0 aromatic carbocycles. The van der Waals surface area contributed by atoms with Crippen molar-refractivity contribution in [3.8, 4) is 0 Å². The summed E-state index contributed by atoms with van der Waals surface area (Å²) in [6.07, 6.45) is 4.73. The second kappa shape index (κ2) is 4.98. The number of ketones is 1. The Labute approximate surface area is 134 Å². The highest BCUT2D eigenvalue weighted by Crippen LogP contribution is 2.44. The van der Waals surface area contributed by atoms with E-state index in [2.05, 4.69) is 29.5 Å². The molecule has 1 aliphatic carbocycles. The number of hydrogen-bond donors (Lipinski definition) is 2. The molecule has 5 heteroatoms. The number of Topliss-reactive ketones (excluding diaryl/α,β-unsaturated/α-hetero) is 1. The van der Waals surface area contributed by atoms with Crippen LogP contribution >= 0.6 is 0 Å². The Morgan fingerprint density at radius 1 is 1.26 bits per heavy atom. The lowest BCUT2D eigenvalue weighted by molar-refractivity contribution is -0.118. The second-order valence-electron chi connectivity index (χ2n) is 6.95. The van der Waals surface area contributed by atoms with Gasteiger partial charge in [0, 0.05) is 23.9 Å². The van der Waals surface area contributed by atoms with Gasteiger partial charge in [0.2, 0.25) is 0 Å². The Kier molecular flexibility index (Phi) is 3.04. The predicted octanol–water partition coefficient (Wildman–Crippen LogP) is 3.90. The number of fused-ring (bicyclic) bond motifs is 1. The van der Waals surface area contributed by atoms with Gasteiger partial charge in [0.1, 0.15) is 11.8 Å². The third-order valence-electron chi connectivity index (χ3n) is 4.41. The summed E-state index contributed by atoms with van der Waals surface area (Å²) >= 11 is 0. The van der Waals surface area contributed by atoms with Crippen molar-refractivity contribution in [3.63, 3.8) is 0 Å².